The summed E-state index contributed by atoms with van der Waals surface area (Å²) in [5.74, 6) is 0.387. The average Bonchev–Trinajstić information content (AvgIpc) is 1.93. The fourth-order valence-corrected chi connectivity index (χ4v) is 1.06. The van der Waals surface area contributed by atoms with Gasteiger partial charge in [0.1, 0.15) is 0 Å². The highest BCUT2D eigenvalue weighted by molar-refractivity contribution is 6.31. The summed E-state index contributed by atoms with van der Waals surface area (Å²) in [6.45, 7) is 0. The Bertz CT molecular complexity index is 271. The lowest BCUT2D eigenvalue weighted by atomic mass is 10.1. The molecule has 0 heterocycles. The van der Waals surface area contributed by atoms with Gasteiger partial charge in [0.15, 0.2) is 0 Å². The summed E-state index contributed by atoms with van der Waals surface area (Å²) >= 11 is 5.84. The first-order valence-electron chi connectivity index (χ1n) is 3.30. The van der Waals surface area contributed by atoms with E-state index in [1.165, 1.54) is 0 Å². The smallest absolute Gasteiger partial charge is 0.242 e. The molecule has 0 aliphatic rings. The van der Waals surface area contributed by atoms with E-state index < -0.39 is 0 Å². The fourth-order valence-electron chi connectivity index (χ4n) is 0.862. The van der Waals surface area contributed by atoms with Gasteiger partial charge in [0.25, 0.3) is 0 Å². The van der Waals surface area contributed by atoms with Crippen molar-refractivity contribution in [2.75, 3.05) is 0 Å². The number of rotatable bonds is 2. The lowest BCUT2D eigenvalue weighted by molar-refractivity contribution is -0.117. The van der Waals surface area contributed by atoms with Gasteiger partial charge in [0, 0.05) is 5.02 Å². The van der Waals surface area contributed by atoms with E-state index in [0.29, 0.717) is 17.3 Å². The molecule has 1 aromatic carbocycles. The zero-order chi connectivity index (χ0) is 8.27. The lowest BCUT2D eigenvalue weighted by Crippen LogP contribution is -2.46. The molecule has 11 heavy (non-hydrogen) atoms. The van der Waals surface area contributed by atoms with Gasteiger partial charge < -0.3 is 0 Å². The first-order valence-corrected chi connectivity index (χ1v) is 3.68. The second kappa shape index (κ2) is 3.39. The standard InChI is InChI=1S/C8H9ClN2/c9-7-4-2-1-3-6(7)5-8(10)11/h1-4H,5H2,(H3,10,11)/p+1. The van der Waals surface area contributed by atoms with Gasteiger partial charge >= 0.3 is 0 Å². The molecule has 0 saturated carbocycles. The fraction of sp³-hybridized carbons (Fsp3) is 0.125. The Labute approximate surface area is 70.5 Å². The average molecular weight is 170 g/mol. The third kappa shape index (κ3) is 2.24. The van der Waals surface area contributed by atoms with Crippen LogP contribution in [0.2, 0.25) is 5.02 Å². The van der Waals surface area contributed by atoms with Crippen LogP contribution in [-0.2, 0) is 6.42 Å². The molecule has 0 bridgehead atoms. The number of nitrogens with two attached hydrogens (primary N) is 2. The SMILES string of the molecule is NC(=[NH2+])Cc1ccccc1Cl. The van der Waals surface area contributed by atoms with Crippen molar-refractivity contribution < 1.29 is 5.41 Å². The quantitative estimate of drug-likeness (QED) is 0.475. The van der Waals surface area contributed by atoms with Crippen LogP contribution in [0, 0.1) is 0 Å². The van der Waals surface area contributed by atoms with Crippen LogP contribution in [0.4, 0.5) is 0 Å². The molecular formula is C8H10ClN2+. The summed E-state index contributed by atoms with van der Waals surface area (Å²) in [5.41, 5.74) is 6.30. The summed E-state index contributed by atoms with van der Waals surface area (Å²) in [5, 5.41) is 6.04. The largest absolute Gasteiger partial charge is 0.291 e. The van der Waals surface area contributed by atoms with Gasteiger partial charge in [-0.15, -0.1) is 0 Å². The van der Waals surface area contributed by atoms with Crippen molar-refractivity contribution in [1.82, 2.24) is 0 Å². The topological polar surface area (TPSA) is 51.6 Å². The van der Waals surface area contributed by atoms with E-state index in [9.17, 15) is 0 Å². The van der Waals surface area contributed by atoms with Crippen molar-refractivity contribution in [1.29, 1.82) is 0 Å². The van der Waals surface area contributed by atoms with Crippen molar-refractivity contribution in [3.8, 4) is 0 Å². The van der Waals surface area contributed by atoms with E-state index >= 15 is 0 Å². The third-order valence-electron chi connectivity index (χ3n) is 1.35. The molecule has 0 amide bonds. The Hall–Kier alpha value is -1.02. The van der Waals surface area contributed by atoms with Crippen LogP contribution in [0.1, 0.15) is 5.56 Å². The number of halogens is 1. The predicted octanol–water partition coefficient (Wildman–Crippen LogP) is -0.00120. The Morgan fingerprint density at radius 3 is 2.64 bits per heavy atom. The van der Waals surface area contributed by atoms with E-state index in [0.717, 1.165) is 5.56 Å². The van der Waals surface area contributed by atoms with E-state index in [1.54, 1.807) is 0 Å². The van der Waals surface area contributed by atoms with Gasteiger partial charge in [0.2, 0.25) is 5.84 Å². The third-order valence-corrected chi connectivity index (χ3v) is 1.72. The van der Waals surface area contributed by atoms with Crippen molar-refractivity contribution in [2.24, 2.45) is 5.73 Å². The maximum absolute atomic E-state index is 5.84. The minimum Gasteiger partial charge on any atom is -0.291 e. The molecule has 1 aromatic rings. The molecule has 3 heteroatoms. The van der Waals surface area contributed by atoms with E-state index in [1.807, 2.05) is 24.3 Å². The maximum atomic E-state index is 5.84. The molecule has 2 nitrogen and oxygen atoms in total. The molecule has 0 fully saturated rings. The van der Waals surface area contributed by atoms with E-state index in [2.05, 4.69) is 0 Å². The Morgan fingerprint density at radius 2 is 2.09 bits per heavy atom. The molecule has 0 radical (unpaired) electrons. The Kier molecular flexibility index (Phi) is 2.49. The maximum Gasteiger partial charge on any atom is 0.242 e. The molecule has 4 N–H and O–H groups in total. The Balaban J connectivity index is 2.86. The zero-order valence-corrected chi connectivity index (χ0v) is 6.81. The molecule has 0 unspecified atom stereocenters. The first-order chi connectivity index (χ1) is 5.20. The van der Waals surface area contributed by atoms with Gasteiger partial charge in [-0.3, -0.25) is 11.1 Å². The molecule has 0 aliphatic heterocycles. The Morgan fingerprint density at radius 1 is 1.45 bits per heavy atom. The van der Waals surface area contributed by atoms with Crippen LogP contribution in [0.5, 0.6) is 0 Å². The number of benzene rings is 1. The summed E-state index contributed by atoms with van der Waals surface area (Å²) in [6.07, 6.45) is 0.541. The minimum absolute atomic E-state index is 0.387. The highest BCUT2D eigenvalue weighted by Gasteiger charge is 2.02. The number of hydrogen-bond donors (Lipinski definition) is 2. The van der Waals surface area contributed by atoms with Crippen molar-refractivity contribution in [2.45, 2.75) is 6.42 Å². The van der Waals surface area contributed by atoms with Crippen LogP contribution in [0.3, 0.4) is 0 Å². The van der Waals surface area contributed by atoms with E-state index in [4.69, 9.17) is 22.7 Å². The molecule has 0 aliphatic carbocycles. The highest BCUT2D eigenvalue weighted by atomic mass is 35.5. The van der Waals surface area contributed by atoms with Gasteiger partial charge in [-0.2, -0.15) is 0 Å². The minimum atomic E-state index is 0.387. The molecule has 58 valence electrons. The van der Waals surface area contributed by atoms with Gasteiger partial charge in [-0.05, 0) is 11.6 Å². The van der Waals surface area contributed by atoms with Crippen LogP contribution < -0.4 is 11.1 Å². The van der Waals surface area contributed by atoms with Gasteiger partial charge in [-0.1, -0.05) is 29.8 Å². The second-order valence-corrected chi connectivity index (χ2v) is 2.75. The van der Waals surface area contributed by atoms with Gasteiger partial charge in [-0.25, -0.2) is 0 Å². The molecule has 0 spiro atoms. The number of amidine groups is 1. The van der Waals surface area contributed by atoms with Crippen molar-refractivity contribution >= 4 is 17.4 Å². The summed E-state index contributed by atoms with van der Waals surface area (Å²) < 4.78 is 0. The lowest BCUT2D eigenvalue weighted by Gasteiger charge is -1.97. The van der Waals surface area contributed by atoms with Crippen LogP contribution >= 0.6 is 11.6 Å². The summed E-state index contributed by atoms with van der Waals surface area (Å²) in [7, 11) is 0. The summed E-state index contributed by atoms with van der Waals surface area (Å²) in [6, 6.07) is 7.50. The first kappa shape index (κ1) is 8.08. The normalized spacial score (nSPS) is 9.55. The van der Waals surface area contributed by atoms with Crippen LogP contribution in [-0.4, -0.2) is 5.84 Å². The summed E-state index contributed by atoms with van der Waals surface area (Å²) in [4.78, 5) is 0. The van der Waals surface area contributed by atoms with Crippen molar-refractivity contribution in [3.63, 3.8) is 0 Å². The van der Waals surface area contributed by atoms with Crippen molar-refractivity contribution in [3.05, 3.63) is 34.9 Å². The molecular weight excluding hydrogens is 160 g/mol. The predicted molar refractivity (Wildman–Crippen MR) is 46.3 cm³/mol. The van der Waals surface area contributed by atoms with Crippen LogP contribution in [0.25, 0.3) is 0 Å². The molecule has 1 rings (SSSR count). The zero-order valence-electron chi connectivity index (χ0n) is 6.05. The molecule has 0 saturated heterocycles. The molecule has 0 atom stereocenters. The highest BCUT2D eigenvalue weighted by Crippen LogP contribution is 2.14. The monoisotopic (exact) mass is 169 g/mol. The van der Waals surface area contributed by atoms with Crippen LogP contribution in [0.15, 0.2) is 24.3 Å². The number of hydrogen-bond acceptors (Lipinski definition) is 0. The van der Waals surface area contributed by atoms with E-state index in [-0.39, 0.29) is 0 Å². The second-order valence-electron chi connectivity index (χ2n) is 2.34. The van der Waals surface area contributed by atoms with Gasteiger partial charge in [0.05, 0.1) is 6.42 Å². The molecule has 0 aromatic heterocycles.